The van der Waals surface area contributed by atoms with Gasteiger partial charge in [0.25, 0.3) is 0 Å². The number of ether oxygens (including phenoxy) is 1. The number of fused-ring (bicyclic) bond motifs is 2. The highest BCUT2D eigenvalue weighted by Gasteiger charge is 2.33. The van der Waals surface area contributed by atoms with Gasteiger partial charge in [-0.1, -0.05) is 5.92 Å². The lowest BCUT2D eigenvalue weighted by Gasteiger charge is -2.42. The van der Waals surface area contributed by atoms with Gasteiger partial charge in [-0.2, -0.15) is 0 Å². The van der Waals surface area contributed by atoms with Crippen molar-refractivity contribution in [2.45, 2.75) is 19.4 Å². The van der Waals surface area contributed by atoms with Crippen LogP contribution in [0.15, 0.2) is 16.6 Å². The van der Waals surface area contributed by atoms with Crippen LogP contribution in [-0.4, -0.2) is 43.4 Å². The van der Waals surface area contributed by atoms with Crippen LogP contribution in [0.1, 0.15) is 13.3 Å². The minimum atomic E-state index is 0.221. The molecule has 17 heavy (non-hydrogen) atoms. The van der Waals surface area contributed by atoms with E-state index in [0.717, 1.165) is 44.2 Å². The summed E-state index contributed by atoms with van der Waals surface area (Å²) in [5.74, 6) is 8.38. The Balaban J connectivity index is 1.83. The predicted molar refractivity (Wildman–Crippen MR) is 66.4 cm³/mol. The molecule has 2 atom stereocenters. The number of aliphatic imine (C=N–C) groups is 1. The molecular weight excluding hydrogens is 214 g/mol. The fourth-order valence-electron chi connectivity index (χ4n) is 2.59. The molecule has 0 radical (unpaired) electrons. The second kappa shape index (κ2) is 4.42. The number of rotatable bonds is 0. The highest BCUT2D eigenvalue weighted by atomic mass is 16.5. The van der Waals surface area contributed by atoms with Crippen LogP contribution in [0.3, 0.4) is 0 Å². The molecule has 3 heterocycles. The summed E-state index contributed by atoms with van der Waals surface area (Å²) in [6.07, 6.45) is 2.83. The fraction of sp³-hybridized carbons (Fsp3) is 0.615. The van der Waals surface area contributed by atoms with Crippen molar-refractivity contribution >= 4 is 6.21 Å². The van der Waals surface area contributed by atoms with E-state index in [2.05, 4.69) is 27.0 Å². The topological polar surface area (TPSA) is 36.9 Å². The van der Waals surface area contributed by atoms with E-state index in [0.29, 0.717) is 6.04 Å². The molecule has 0 aromatic heterocycles. The molecule has 0 spiro atoms. The third-order valence-corrected chi connectivity index (χ3v) is 3.43. The molecule has 0 saturated carbocycles. The summed E-state index contributed by atoms with van der Waals surface area (Å²) < 4.78 is 5.84. The molecule has 1 N–H and O–H groups in total. The molecule has 1 saturated heterocycles. The molecule has 90 valence electrons. The van der Waals surface area contributed by atoms with Crippen LogP contribution in [0.5, 0.6) is 0 Å². The first-order valence-electron chi connectivity index (χ1n) is 6.18. The molecule has 0 bridgehead atoms. The molecule has 3 rings (SSSR count). The first kappa shape index (κ1) is 10.7. The Morgan fingerprint density at radius 2 is 2.53 bits per heavy atom. The molecule has 4 heteroatoms. The van der Waals surface area contributed by atoms with Crippen LogP contribution in [-0.2, 0) is 4.74 Å². The Kier molecular flexibility index (Phi) is 2.77. The van der Waals surface area contributed by atoms with Crippen molar-refractivity contribution < 1.29 is 4.74 Å². The molecule has 1 fully saturated rings. The van der Waals surface area contributed by atoms with Crippen molar-refractivity contribution in [2.75, 3.05) is 26.2 Å². The van der Waals surface area contributed by atoms with E-state index in [1.54, 1.807) is 0 Å². The molecule has 0 aliphatic carbocycles. The van der Waals surface area contributed by atoms with Gasteiger partial charge in [-0.25, -0.2) is 4.99 Å². The highest BCUT2D eigenvalue weighted by molar-refractivity contribution is 5.68. The molecule has 3 aliphatic heterocycles. The van der Waals surface area contributed by atoms with Gasteiger partial charge in [0.15, 0.2) is 5.82 Å². The van der Waals surface area contributed by atoms with Gasteiger partial charge < -0.3 is 15.0 Å². The average Bonchev–Trinajstić information content (AvgIpc) is 2.39. The largest absolute Gasteiger partial charge is 0.492 e. The van der Waals surface area contributed by atoms with Gasteiger partial charge in [-0.3, -0.25) is 0 Å². The maximum atomic E-state index is 5.84. The quantitative estimate of drug-likeness (QED) is 0.619. The van der Waals surface area contributed by atoms with E-state index in [9.17, 15) is 0 Å². The SMILES string of the molecule is CC#CC1C=NC2=C(C1)OC[C@@H]1CNCCN21. The van der Waals surface area contributed by atoms with E-state index in [-0.39, 0.29) is 5.92 Å². The van der Waals surface area contributed by atoms with Crippen molar-refractivity contribution in [3.8, 4) is 11.8 Å². The molecular formula is C13H17N3O. The lowest BCUT2D eigenvalue weighted by atomic mass is 10.0. The summed E-state index contributed by atoms with van der Waals surface area (Å²) in [4.78, 5) is 6.94. The zero-order valence-electron chi connectivity index (χ0n) is 10.1. The Bertz CT molecular complexity index is 430. The maximum absolute atomic E-state index is 5.84. The van der Waals surface area contributed by atoms with Gasteiger partial charge in [-0.05, 0) is 6.92 Å². The van der Waals surface area contributed by atoms with Gasteiger partial charge >= 0.3 is 0 Å². The van der Waals surface area contributed by atoms with E-state index < -0.39 is 0 Å². The first-order chi connectivity index (χ1) is 8.38. The lowest BCUT2D eigenvalue weighted by Crippen LogP contribution is -2.54. The van der Waals surface area contributed by atoms with Crippen molar-refractivity contribution in [1.82, 2.24) is 10.2 Å². The van der Waals surface area contributed by atoms with E-state index in [1.165, 1.54) is 0 Å². The minimum Gasteiger partial charge on any atom is -0.492 e. The average molecular weight is 231 g/mol. The summed E-state index contributed by atoms with van der Waals surface area (Å²) in [7, 11) is 0. The Hall–Kier alpha value is -1.47. The Morgan fingerprint density at radius 3 is 3.41 bits per heavy atom. The number of piperazine rings is 1. The van der Waals surface area contributed by atoms with E-state index in [1.807, 2.05) is 13.1 Å². The van der Waals surface area contributed by atoms with Crippen LogP contribution in [0.4, 0.5) is 0 Å². The summed E-state index contributed by atoms with van der Waals surface area (Å²) in [5.41, 5.74) is 0. The van der Waals surface area contributed by atoms with Crippen LogP contribution in [0.2, 0.25) is 0 Å². The van der Waals surface area contributed by atoms with Gasteiger partial charge in [-0.15, -0.1) is 5.92 Å². The van der Waals surface area contributed by atoms with Gasteiger partial charge in [0.2, 0.25) is 0 Å². The van der Waals surface area contributed by atoms with Crippen LogP contribution >= 0.6 is 0 Å². The monoisotopic (exact) mass is 231 g/mol. The molecule has 0 amide bonds. The number of hydrogen-bond donors (Lipinski definition) is 1. The minimum absolute atomic E-state index is 0.221. The van der Waals surface area contributed by atoms with Crippen molar-refractivity contribution in [3.05, 3.63) is 11.6 Å². The fourth-order valence-corrected chi connectivity index (χ4v) is 2.59. The Labute approximate surface area is 102 Å². The molecule has 0 aromatic rings. The van der Waals surface area contributed by atoms with Gasteiger partial charge in [0.1, 0.15) is 12.4 Å². The van der Waals surface area contributed by atoms with E-state index in [4.69, 9.17) is 4.74 Å². The zero-order valence-corrected chi connectivity index (χ0v) is 10.1. The zero-order chi connectivity index (χ0) is 11.7. The molecule has 4 nitrogen and oxygen atoms in total. The van der Waals surface area contributed by atoms with Crippen molar-refractivity contribution in [1.29, 1.82) is 0 Å². The standard InChI is InChI=1S/C13H17N3O/c1-2-3-10-6-12-13(15-7-10)16-5-4-14-8-11(16)9-17-12/h7,10-11,14H,4-6,8-9H2,1H3/t10?,11-/m0/s1. The summed E-state index contributed by atoms with van der Waals surface area (Å²) >= 11 is 0. The van der Waals surface area contributed by atoms with Gasteiger partial charge in [0.05, 0.1) is 12.0 Å². The maximum Gasteiger partial charge on any atom is 0.167 e. The molecule has 0 aromatic carbocycles. The Morgan fingerprint density at radius 1 is 1.59 bits per heavy atom. The van der Waals surface area contributed by atoms with E-state index >= 15 is 0 Å². The summed E-state index contributed by atoms with van der Waals surface area (Å²) in [6, 6.07) is 0.438. The number of nitrogens with one attached hydrogen (secondary N) is 1. The normalized spacial score (nSPS) is 31.0. The summed E-state index contributed by atoms with van der Waals surface area (Å²) in [5, 5.41) is 3.39. The predicted octanol–water partition coefficient (Wildman–Crippen LogP) is 0.573. The number of allylic oxidation sites excluding steroid dienone is 1. The number of hydrogen-bond acceptors (Lipinski definition) is 4. The lowest BCUT2D eigenvalue weighted by molar-refractivity contribution is 0.0535. The second-order valence-corrected chi connectivity index (χ2v) is 4.59. The van der Waals surface area contributed by atoms with Crippen LogP contribution < -0.4 is 5.32 Å². The summed E-state index contributed by atoms with van der Waals surface area (Å²) in [6.45, 7) is 5.68. The van der Waals surface area contributed by atoms with Crippen LogP contribution in [0.25, 0.3) is 0 Å². The molecule has 3 aliphatic rings. The third kappa shape index (κ3) is 1.91. The number of nitrogens with zero attached hydrogens (tertiary/aromatic N) is 2. The van der Waals surface area contributed by atoms with Crippen molar-refractivity contribution in [2.24, 2.45) is 10.9 Å². The van der Waals surface area contributed by atoms with Gasteiger partial charge in [0, 0.05) is 32.3 Å². The third-order valence-electron chi connectivity index (χ3n) is 3.43. The van der Waals surface area contributed by atoms with Crippen molar-refractivity contribution in [3.63, 3.8) is 0 Å². The highest BCUT2D eigenvalue weighted by Crippen LogP contribution is 2.30. The second-order valence-electron chi connectivity index (χ2n) is 4.59. The first-order valence-corrected chi connectivity index (χ1v) is 6.18. The molecule has 1 unspecified atom stereocenters. The smallest absolute Gasteiger partial charge is 0.167 e. The van der Waals surface area contributed by atoms with Crippen LogP contribution in [0, 0.1) is 17.8 Å².